The highest BCUT2D eigenvalue weighted by Crippen LogP contribution is 2.36. The molecule has 4 aromatic rings. The molecule has 2 amide bonds. The monoisotopic (exact) mass is 442 g/mol. The number of anilines is 5. The van der Waals surface area contributed by atoms with Crippen molar-refractivity contribution in [2.24, 2.45) is 0 Å². The Bertz CT molecular complexity index is 1250. The Morgan fingerprint density at radius 3 is 2.47 bits per heavy atom. The molecule has 0 aliphatic rings. The molecular formula is C23H18N6O2S. The molecule has 8 nitrogen and oxygen atoms in total. The normalized spacial score (nSPS) is 10.3. The largest absolute Gasteiger partial charge is 0.432 e. The number of nitrogens with one attached hydrogen (secondary N) is 1. The molecule has 0 atom stereocenters. The summed E-state index contributed by atoms with van der Waals surface area (Å²) in [6.45, 7) is 1.96. The van der Waals surface area contributed by atoms with Crippen molar-refractivity contribution >= 4 is 47.6 Å². The number of hydrogen-bond acceptors (Lipinski definition) is 7. The van der Waals surface area contributed by atoms with Crippen LogP contribution in [0.25, 0.3) is 0 Å². The number of nitrogens with zero attached hydrogens (tertiary/aromatic N) is 5. The van der Waals surface area contributed by atoms with Gasteiger partial charge in [-0.05, 0) is 61.0 Å². The quantitative estimate of drug-likeness (QED) is 0.390. The van der Waals surface area contributed by atoms with E-state index in [0.29, 0.717) is 23.0 Å². The fourth-order valence-corrected chi connectivity index (χ4v) is 3.25. The van der Waals surface area contributed by atoms with Gasteiger partial charge in [-0.25, -0.2) is 14.1 Å². The Morgan fingerprint density at radius 2 is 1.81 bits per heavy atom. The van der Waals surface area contributed by atoms with Crippen LogP contribution in [0.1, 0.15) is 11.1 Å². The van der Waals surface area contributed by atoms with E-state index in [1.165, 1.54) is 10.6 Å². The molecule has 0 saturated heterocycles. The third kappa shape index (κ3) is 4.40. The van der Waals surface area contributed by atoms with E-state index in [9.17, 15) is 4.79 Å². The second-order valence-electron chi connectivity index (χ2n) is 6.76. The van der Waals surface area contributed by atoms with Crippen LogP contribution in [0.3, 0.4) is 0 Å². The molecule has 1 N–H and O–H groups in total. The summed E-state index contributed by atoms with van der Waals surface area (Å²) in [5.74, 6) is 0. The minimum Gasteiger partial charge on any atom is -0.432 e. The number of aryl methyl sites for hydroxylation is 1. The summed E-state index contributed by atoms with van der Waals surface area (Å²) in [5.41, 5.74) is 4.14. The average molecular weight is 443 g/mol. The van der Waals surface area contributed by atoms with Crippen molar-refractivity contribution < 1.29 is 9.21 Å². The highest BCUT2D eigenvalue weighted by atomic mass is 32.1. The standard InChI is InChI=1S/C23H18N6O2S/c1-16-2-5-18(27-22(30)29(32)20-6-3-17(15-24)4-7-20)14-21(16)28(23-26-12-13-31-23)19-8-10-25-11-9-19/h2-14,32H,1H3,(H,27,30). The second-order valence-corrected chi connectivity index (χ2v) is 7.16. The Balaban J connectivity index is 1.63. The van der Waals surface area contributed by atoms with Crippen LogP contribution >= 0.6 is 12.8 Å². The predicted octanol–water partition coefficient (Wildman–Crippen LogP) is 5.60. The van der Waals surface area contributed by atoms with Crippen molar-refractivity contribution in [3.8, 4) is 6.07 Å². The highest BCUT2D eigenvalue weighted by Gasteiger charge is 2.20. The molecule has 2 aromatic heterocycles. The van der Waals surface area contributed by atoms with Crippen LogP contribution in [-0.4, -0.2) is 16.0 Å². The van der Waals surface area contributed by atoms with Gasteiger partial charge in [-0.2, -0.15) is 5.26 Å². The first kappa shape index (κ1) is 21.0. The van der Waals surface area contributed by atoms with Gasteiger partial charge in [0.2, 0.25) is 0 Å². The lowest BCUT2D eigenvalue weighted by Crippen LogP contribution is -2.26. The first-order valence-electron chi connectivity index (χ1n) is 9.57. The van der Waals surface area contributed by atoms with E-state index in [1.807, 2.05) is 42.2 Å². The van der Waals surface area contributed by atoms with Gasteiger partial charge in [0.1, 0.15) is 6.26 Å². The predicted molar refractivity (Wildman–Crippen MR) is 125 cm³/mol. The van der Waals surface area contributed by atoms with Gasteiger partial charge >= 0.3 is 12.0 Å². The lowest BCUT2D eigenvalue weighted by molar-refractivity contribution is 0.260. The zero-order chi connectivity index (χ0) is 22.5. The van der Waals surface area contributed by atoms with Crippen LogP contribution < -0.4 is 14.5 Å². The van der Waals surface area contributed by atoms with Crippen molar-refractivity contribution in [1.29, 1.82) is 5.26 Å². The number of carbonyl (C=O) groups is 1. The first-order valence-corrected chi connectivity index (χ1v) is 9.97. The minimum atomic E-state index is -0.445. The van der Waals surface area contributed by atoms with Gasteiger partial charge in [0.15, 0.2) is 0 Å². The molecule has 4 rings (SSSR count). The van der Waals surface area contributed by atoms with Crippen molar-refractivity contribution in [1.82, 2.24) is 9.97 Å². The third-order valence-corrected chi connectivity index (χ3v) is 5.08. The zero-order valence-corrected chi connectivity index (χ0v) is 17.9. The molecule has 0 aliphatic heterocycles. The van der Waals surface area contributed by atoms with Gasteiger partial charge in [0.05, 0.1) is 34.9 Å². The Hall–Kier alpha value is -4.29. The molecule has 0 saturated carbocycles. The summed E-state index contributed by atoms with van der Waals surface area (Å²) in [7, 11) is 0. The maximum Gasteiger partial charge on any atom is 0.336 e. The van der Waals surface area contributed by atoms with Crippen molar-refractivity contribution in [3.63, 3.8) is 0 Å². The lowest BCUT2D eigenvalue weighted by atomic mass is 10.1. The minimum absolute atomic E-state index is 0.385. The fourth-order valence-electron chi connectivity index (χ4n) is 3.07. The van der Waals surface area contributed by atoms with Gasteiger partial charge in [-0.15, -0.1) is 0 Å². The molecule has 0 spiro atoms. The maximum absolute atomic E-state index is 12.8. The average Bonchev–Trinajstić information content (AvgIpc) is 3.36. The highest BCUT2D eigenvalue weighted by molar-refractivity contribution is 7.82. The van der Waals surface area contributed by atoms with Crippen LogP contribution in [-0.2, 0) is 0 Å². The van der Waals surface area contributed by atoms with Crippen molar-refractivity contribution in [3.05, 3.63) is 90.6 Å². The van der Waals surface area contributed by atoms with E-state index in [1.54, 1.807) is 48.9 Å². The number of carbonyl (C=O) groups excluding carboxylic acids is 1. The van der Waals surface area contributed by atoms with Crippen LogP contribution in [0, 0.1) is 18.3 Å². The number of thiol groups is 1. The summed E-state index contributed by atoms with van der Waals surface area (Å²) < 4.78 is 6.74. The van der Waals surface area contributed by atoms with E-state index >= 15 is 0 Å². The molecule has 0 aliphatic carbocycles. The number of nitriles is 1. The Morgan fingerprint density at radius 1 is 1.06 bits per heavy atom. The maximum atomic E-state index is 12.8. The number of rotatable bonds is 5. The van der Waals surface area contributed by atoms with Crippen LogP contribution in [0.2, 0.25) is 0 Å². The number of benzene rings is 2. The summed E-state index contributed by atoms with van der Waals surface area (Å²) >= 11 is 4.30. The lowest BCUT2D eigenvalue weighted by Gasteiger charge is -2.24. The van der Waals surface area contributed by atoms with E-state index in [-0.39, 0.29) is 0 Å². The van der Waals surface area contributed by atoms with Crippen molar-refractivity contribution in [2.45, 2.75) is 6.92 Å². The number of hydrogen-bond donors (Lipinski definition) is 2. The molecule has 158 valence electrons. The van der Waals surface area contributed by atoms with E-state index in [2.05, 4.69) is 28.1 Å². The van der Waals surface area contributed by atoms with E-state index in [4.69, 9.17) is 9.68 Å². The van der Waals surface area contributed by atoms with Crippen LogP contribution in [0.15, 0.2) is 83.9 Å². The SMILES string of the molecule is Cc1ccc(NC(=O)N(S)c2ccc(C#N)cc2)cc1N(c1ccncc1)c1ncco1. The zero-order valence-electron chi connectivity index (χ0n) is 17.0. The Labute approximate surface area is 190 Å². The van der Waals surface area contributed by atoms with Gasteiger partial charge in [-0.3, -0.25) is 9.88 Å². The molecule has 2 heterocycles. The molecule has 9 heteroatoms. The first-order chi connectivity index (χ1) is 15.6. The Kier molecular flexibility index (Phi) is 6.05. The molecule has 32 heavy (non-hydrogen) atoms. The van der Waals surface area contributed by atoms with Crippen LogP contribution in [0.5, 0.6) is 0 Å². The molecule has 0 fully saturated rings. The summed E-state index contributed by atoms with van der Waals surface area (Å²) in [6.07, 6.45) is 6.44. The summed E-state index contributed by atoms with van der Waals surface area (Å²) in [4.78, 5) is 23.0. The molecule has 0 unspecified atom stereocenters. The third-order valence-electron chi connectivity index (χ3n) is 4.67. The number of pyridine rings is 1. The second kappa shape index (κ2) is 9.24. The van der Waals surface area contributed by atoms with E-state index < -0.39 is 6.03 Å². The van der Waals surface area contributed by atoms with Gasteiger partial charge < -0.3 is 9.73 Å². The van der Waals surface area contributed by atoms with Crippen LogP contribution in [0.4, 0.5) is 33.6 Å². The van der Waals surface area contributed by atoms with Gasteiger partial charge in [-0.1, -0.05) is 18.9 Å². The number of aromatic nitrogens is 2. The molecule has 0 radical (unpaired) electrons. The number of oxazole rings is 1. The fraction of sp³-hybridized carbons (Fsp3) is 0.0435. The molecule has 2 aromatic carbocycles. The topological polar surface area (TPSA) is 98.3 Å². The van der Waals surface area contributed by atoms with E-state index in [0.717, 1.165) is 16.9 Å². The number of urea groups is 1. The molecule has 0 bridgehead atoms. The van der Waals surface area contributed by atoms with Gasteiger partial charge in [0, 0.05) is 18.1 Å². The smallest absolute Gasteiger partial charge is 0.336 e. The summed E-state index contributed by atoms with van der Waals surface area (Å²) in [6, 6.07) is 17.8. The number of amides is 2. The van der Waals surface area contributed by atoms with Gasteiger partial charge in [0.25, 0.3) is 0 Å². The van der Waals surface area contributed by atoms with Crippen molar-refractivity contribution in [2.75, 3.05) is 14.5 Å². The molecular weight excluding hydrogens is 424 g/mol. The summed E-state index contributed by atoms with van der Waals surface area (Å²) in [5, 5.41) is 11.8.